The van der Waals surface area contributed by atoms with Crippen molar-refractivity contribution >= 4 is 28.9 Å². The van der Waals surface area contributed by atoms with Gasteiger partial charge in [-0.05, 0) is 30.2 Å². The summed E-state index contributed by atoms with van der Waals surface area (Å²) in [5.41, 5.74) is 8.46. The first-order valence-electron chi connectivity index (χ1n) is 4.16. The van der Waals surface area contributed by atoms with Crippen LogP contribution in [0.5, 0.6) is 0 Å². The van der Waals surface area contributed by atoms with Gasteiger partial charge in [-0.2, -0.15) is 0 Å². The van der Waals surface area contributed by atoms with E-state index in [-0.39, 0.29) is 0 Å². The number of nitrogen functional groups attached to an aromatic ring is 1. The first-order chi connectivity index (χ1) is 6.20. The first-order valence-corrected chi connectivity index (χ1v) is 4.91. The summed E-state index contributed by atoms with van der Waals surface area (Å²) in [6.45, 7) is 1.71. The Balaban J connectivity index is 2.63. The molecule has 0 radical (unpaired) electrons. The molecule has 0 saturated heterocycles. The molecule has 1 aliphatic rings. The van der Waals surface area contributed by atoms with Crippen LogP contribution in [0.1, 0.15) is 11.1 Å². The van der Waals surface area contributed by atoms with Gasteiger partial charge in [0.05, 0.1) is 10.7 Å². The van der Waals surface area contributed by atoms with E-state index in [9.17, 15) is 0 Å². The molecule has 0 bridgehead atoms. The molecule has 2 nitrogen and oxygen atoms in total. The normalized spacial score (nSPS) is 15.5. The zero-order valence-electron chi connectivity index (χ0n) is 7.03. The molecule has 70 valence electrons. The second kappa shape index (κ2) is 3.37. The topological polar surface area (TPSA) is 38.0 Å². The van der Waals surface area contributed by atoms with Gasteiger partial charge in [0.25, 0.3) is 0 Å². The number of hydrogen-bond acceptors (Lipinski definition) is 2. The summed E-state index contributed by atoms with van der Waals surface area (Å²) in [4.78, 5) is 0. The number of hydrogen-bond donors (Lipinski definition) is 2. The van der Waals surface area contributed by atoms with E-state index in [1.807, 2.05) is 0 Å². The smallest absolute Gasteiger partial charge is 0.0684 e. The summed E-state index contributed by atoms with van der Waals surface area (Å²) in [7, 11) is 0. The molecule has 0 atom stereocenters. The summed E-state index contributed by atoms with van der Waals surface area (Å²) in [6, 6.07) is 1.73. The molecule has 1 aromatic carbocycles. The minimum absolute atomic E-state index is 0.564. The molecule has 0 unspecified atom stereocenters. The third-order valence-corrected chi connectivity index (χ3v) is 3.09. The Labute approximate surface area is 87.0 Å². The Morgan fingerprint density at radius 1 is 1.31 bits per heavy atom. The quantitative estimate of drug-likeness (QED) is 0.654. The summed E-state index contributed by atoms with van der Waals surface area (Å²) in [5, 5.41) is 4.62. The van der Waals surface area contributed by atoms with E-state index in [2.05, 4.69) is 5.32 Å². The van der Waals surface area contributed by atoms with Crippen LogP contribution in [0.15, 0.2) is 6.07 Å². The van der Waals surface area contributed by atoms with E-state index in [0.29, 0.717) is 10.7 Å². The van der Waals surface area contributed by atoms with Gasteiger partial charge in [-0.1, -0.05) is 23.2 Å². The Morgan fingerprint density at radius 2 is 2.08 bits per heavy atom. The van der Waals surface area contributed by atoms with E-state index in [1.165, 1.54) is 0 Å². The number of halogens is 2. The second-order valence-corrected chi connectivity index (χ2v) is 3.93. The predicted octanol–water partition coefficient (Wildman–Crippen LogP) is 2.22. The number of nitrogens with two attached hydrogens (primary N) is 1. The fraction of sp³-hybridized carbons (Fsp3) is 0.333. The molecule has 1 aliphatic heterocycles. The van der Waals surface area contributed by atoms with Crippen LogP contribution in [0.4, 0.5) is 5.69 Å². The minimum atomic E-state index is 0.564. The summed E-state index contributed by atoms with van der Waals surface area (Å²) < 4.78 is 0. The highest BCUT2D eigenvalue weighted by molar-refractivity contribution is 6.36. The Hall–Kier alpha value is -0.440. The van der Waals surface area contributed by atoms with E-state index in [0.717, 1.165) is 35.7 Å². The van der Waals surface area contributed by atoms with Gasteiger partial charge in [-0.15, -0.1) is 0 Å². The fourth-order valence-corrected chi connectivity index (χ4v) is 2.18. The van der Waals surface area contributed by atoms with E-state index in [1.54, 1.807) is 6.07 Å². The highest BCUT2D eigenvalue weighted by atomic mass is 35.5. The maximum Gasteiger partial charge on any atom is 0.0684 e. The molecular weight excluding hydrogens is 207 g/mol. The monoisotopic (exact) mass is 216 g/mol. The minimum Gasteiger partial charge on any atom is -0.397 e. The molecule has 4 heteroatoms. The molecule has 1 aromatic rings. The number of anilines is 1. The molecule has 0 fully saturated rings. The van der Waals surface area contributed by atoms with Crippen LogP contribution in [0, 0.1) is 0 Å². The highest BCUT2D eigenvalue weighted by Gasteiger charge is 2.17. The van der Waals surface area contributed by atoms with Crippen LogP contribution < -0.4 is 11.1 Å². The van der Waals surface area contributed by atoms with Crippen LogP contribution in [-0.4, -0.2) is 6.54 Å². The van der Waals surface area contributed by atoms with Crippen molar-refractivity contribution in [3.8, 4) is 0 Å². The lowest BCUT2D eigenvalue weighted by atomic mass is 10.0. The van der Waals surface area contributed by atoms with Gasteiger partial charge in [-0.25, -0.2) is 0 Å². The van der Waals surface area contributed by atoms with Gasteiger partial charge in [0.15, 0.2) is 0 Å². The fourth-order valence-electron chi connectivity index (χ4n) is 1.62. The Bertz CT molecular complexity index is 350. The highest BCUT2D eigenvalue weighted by Crippen LogP contribution is 2.33. The molecule has 0 spiro atoms. The lowest BCUT2D eigenvalue weighted by Gasteiger charge is -2.20. The Kier molecular flexibility index (Phi) is 2.37. The number of rotatable bonds is 0. The molecule has 3 N–H and O–H groups in total. The van der Waals surface area contributed by atoms with Crippen molar-refractivity contribution in [2.75, 3.05) is 12.3 Å². The number of benzene rings is 1. The zero-order chi connectivity index (χ0) is 9.42. The van der Waals surface area contributed by atoms with Crippen LogP contribution in [0.3, 0.4) is 0 Å². The van der Waals surface area contributed by atoms with Gasteiger partial charge in [0.1, 0.15) is 0 Å². The summed E-state index contributed by atoms with van der Waals surface area (Å²) in [6.07, 6.45) is 0.925. The molecule has 0 aromatic heterocycles. The molecule has 2 rings (SSSR count). The van der Waals surface area contributed by atoms with E-state index >= 15 is 0 Å². The summed E-state index contributed by atoms with van der Waals surface area (Å²) in [5.74, 6) is 0. The Morgan fingerprint density at radius 3 is 2.85 bits per heavy atom. The van der Waals surface area contributed by atoms with Crippen LogP contribution in [-0.2, 0) is 13.0 Å². The van der Waals surface area contributed by atoms with E-state index in [4.69, 9.17) is 28.9 Å². The van der Waals surface area contributed by atoms with Crippen molar-refractivity contribution in [2.45, 2.75) is 13.0 Å². The standard InChI is InChI=1S/C9H10Cl2N2/c10-7-3-8(12)9(11)6-4-13-2-1-5(6)7/h3,13H,1-2,4,12H2. The third-order valence-electron chi connectivity index (χ3n) is 2.31. The van der Waals surface area contributed by atoms with E-state index < -0.39 is 0 Å². The van der Waals surface area contributed by atoms with Crippen molar-refractivity contribution < 1.29 is 0 Å². The molecular formula is C9H10Cl2N2. The van der Waals surface area contributed by atoms with Crippen molar-refractivity contribution in [3.05, 3.63) is 27.2 Å². The molecule has 0 amide bonds. The van der Waals surface area contributed by atoms with Crippen molar-refractivity contribution in [3.63, 3.8) is 0 Å². The van der Waals surface area contributed by atoms with Gasteiger partial charge < -0.3 is 11.1 Å². The summed E-state index contributed by atoms with van der Waals surface area (Å²) >= 11 is 12.1. The van der Waals surface area contributed by atoms with Gasteiger partial charge in [0, 0.05) is 11.6 Å². The van der Waals surface area contributed by atoms with Gasteiger partial charge >= 0.3 is 0 Å². The van der Waals surface area contributed by atoms with Crippen LogP contribution in [0.2, 0.25) is 10.0 Å². The molecule has 0 saturated carbocycles. The molecule has 0 aliphatic carbocycles. The maximum absolute atomic E-state index is 6.06. The number of fused-ring (bicyclic) bond motifs is 1. The van der Waals surface area contributed by atoms with Gasteiger partial charge in [-0.3, -0.25) is 0 Å². The maximum atomic E-state index is 6.06. The average Bonchev–Trinajstić information content (AvgIpc) is 2.15. The van der Waals surface area contributed by atoms with Crippen LogP contribution in [0.25, 0.3) is 0 Å². The molecule has 13 heavy (non-hydrogen) atoms. The average molecular weight is 217 g/mol. The van der Waals surface area contributed by atoms with Crippen molar-refractivity contribution in [1.82, 2.24) is 5.32 Å². The lowest BCUT2D eigenvalue weighted by molar-refractivity contribution is 0.644. The van der Waals surface area contributed by atoms with Crippen molar-refractivity contribution in [2.24, 2.45) is 0 Å². The second-order valence-electron chi connectivity index (χ2n) is 3.15. The predicted molar refractivity (Wildman–Crippen MR) is 56.3 cm³/mol. The third kappa shape index (κ3) is 1.50. The first kappa shape index (κ1) is 9.13. The SMILES string of the molecule is Nc1cc(Cl)c2c(c1Cl)CNCC2. The lowest BCUT2D eigenvalue weighted by Crippen LogP contribution is -2.24. The van der Waals surface area contributed by atoms with Crippen molar-refractivity contribution in [1.29, 1.82) is 0 Å². The largest absolute Gasteiger partial charge is 0.397 e. The number of nitrogens with one attached hydrogen (secondary N) is 1. The van der Waals surface area contributed by atoms with Gasteiger partial charge in [0.2, 0.25) is 0 Å². The van der Waals surface area contributed by atoms with Crippen LogP contribution >= 0.6 is 23.2 Å². The zero-order valence-corrected chi connectivity index (χ0v) is 8.54. The molecule has 1 heterocycles.